The average molecular weight is 466 g/mol. The van der Waals surface area contributed by atoms with Crippen LogP contribution in [0.15, 0.2) is 48.5 Å². The summed E-state index contributed by atoms with van der Waals surface area (Å²) in [7, 11) is 0. The third kappa shape index (κ3) is 5.93. The SMILES string of the molecule is Cl.O=C(CCc1ccccc1)N(CCN1CCOCC1)c1nc2ccc(Cl)cc2s1. The summed E-state index contributed by atoms with van der Waals surface area (Å²) in [5.41, 5.74) is 2.05. The molecule has 0 atom stereocenters. The van der Waals surface area contributed by atoms with Crippen LogP contribution in [0.5, 0.6) is 0 Å². The first kappa shape index (κ1) is 23.0. The number of anilines is 1. The number of aromatic nitrogens is 1. The average Bonchev–Trinajstić information content (AvgIpc) is 3.16. The maximum atomic E-state index is 13.2. The summed E-state index contributed by atoms with van der Waals surface area (Å²) in [5.74, 6) is 0.104. The van der Waals surface area contributed by atoms with E-state index >= 15 is 0 Å². The highest BCUT2D eigenvalue weighted by atomic mass is 35.5. The van der Waals surface area contributed by atoms with Crippen molar-refractivity contribution in [2.75, 3.05) is 44.3 Å². The number of amides is 1. The molecule has 1 saturated heterocycles. The minimum Gasteiger partial charge on any atom is -0.379 e. The highest BCUT2D eigenvalue weighted by Crippen LogP contribution is 2.31. The van der Waals surface area contributed by atoms with Crippen molar-refractivity contribution in [1.29, 1.82) is 0 Å². The molecule has 1 aliphatic heterocycles. The summed E-state index contributed by atoms with van der Waals surface area (Å²) in [5, 5.41) is 1.43. The predicted molar refractivity (Wildman–Crippen MR) is 126 cm³/mol. The minimum absolute atomic E-state index is 0. The first-order valence-electron chi connectivity index (χ1n) is 9.89. The van der Waals surface area contributed by atoms with Crippen molar-refractivity contribution in [3.8, 4) is 0 Å². The number of benzene rings is 2. The number of carbonyl (C=O) groups excluding carboxylic acids is 1. The monoisotopic (exact) mass is 465 g/mol. The van der Waals surface area contributed by atoms with Crippen LogP contribution in [0.2, 0.25) is 5.02 Å². The Bertz CT molecular complexity index is 961. The molecular formula is C22H25Cl2N3O2S. The van der Waals surface area contributed by atoms with Crippen LogP contribution >= 0.6 is 35.3 Å². The Morgan fingerprint density at radius 3 is 2.70 bits per heavy atom. The molecule has 0 N–H and O–H groups in total. The van der Waals surface area contributed by atoms with Crippen LogP contribution in [-0.2, 0) is 16.0 Å². The van der Waals surface area contributed by atoms with E-state index in [0.29, 0.717) is 18.0 Å². The fourth-order valence-corrected chi connectivity index (χ4v) is 4.71. The molecular weight excluding hydrogens is 441 g/mol. The summed E-state index contributed by atoms with van der Waals surface area (Å²) in [6.07, 6.45) is 1.19. The molecule has 0 aliphatic carbocycles. The first-order valence-corrected chi connectivity index (χ1v) is 11.1. The zero-order valence-corrected chi connectivity index (χ0v) is 19.0. The van der Waals surface area contributed by atoms with Gasteiger partial charge in [0.25, 0.3) is 0 Å². The topological polar surface area (TPSA) is 45.7 Å². The molecule has 1 aliphatic rings. The molecule has 2 aromatic carbocycles. The van der Waals surface area contributed by atoms with Crippen molar-refractivity contribution in [3.63, 3.8) is 0 Å². The lowest BCUT2D eigenvalue weighted by molar-refractivity contribution is -0.118. The maximum Gasteiger partial charge on any atom is 0.229 e. The van der Waals surface area contributed by atoms with E-state index in [9.17, 15) is 4.79 Å². The van der Waals surface area contributed by atoms with Crippen molar-refractivity contribution in [2.45, 2.75) is 12.8 Å². The fourth-order valence-electron chi connectivity index (χ4n) is 3.43. The van der Waals surface area contributed by atoms with Gasteiger partial charge >= 0.3 is 0 Å². The van der Waals surface area contributed by atoms with E-state index in [4.69, 9.17) is 21.3 Å². The Morgan fingerprint density at radius 1 is 1.17 bits per heavy atom. The van der Waals surface area contributed by atoms with E-state index in [0.717, 1.165) is 54.6 Å². The second kappa shape index (κ2) is 11.1. The van der Waals surface area contributed by atoms with Gasteiger partial charge in [0.15, 0.2) is 5.13 Å². The van der Waals surface area contributed by atoms with E-state index in [-0.39, 0.29) is 18.3 Å². The van der Waals surface area contributed by atoms with Gasteiger partial charge in [-0.05, 0) is 30.2 Å². The maximum absolute atomic E-state index is 13.2. The molecule has 5 nitrogen and oxygen atoms in total. The Hall–Kier alpha value is -1.70. The fraction of sp³-hybridized carbons (Fsp3) is 0.364. The van der Waals surface area contributed by atoms with Crippen molar-refractivity contribution in [2.24, 2.45) is 0 Å². The number of carbonyl (C=O) groups is 1. The Morgan fingerprint density at radius 2 is 1.93 bits per heavy atom. The quantitative estimate of drug-likeness (QED) is 0.508. The van der Waals surface area contributed by atoms with E-state index in [1.165, 1.54) is 16.9 Å². The Kier molecular flexibility index (Phi) is 8.48. The summed E-state index contributed by atoms with van der Waals surface area (Å²) in [6.45, 7) is 4.75. The van der Waals surface area contributed by atoms with Gasteiger partial charge in [-0.25, -0.2) is 4.98 Å². The first-order chi connectivity index (χ1) is 14.2. The molecule has 30 heavy (non-hydrogen) atoms. The highest BCUT2D eigenvalue weighted by Gasteiger charge is 2.21. The van der Waals surface area contributed by atoms with Gasteiger partial charge in [-0.2, -0.15) is 0 Å². The molecule has 1 amide bonds. The molecule has 0 unspecified atom stereocenters. The van der Waals surface area contributed by atoms with Gasteiger partial charge in [-0.3, -0.25) is 14.6 Å². The molecule has 8 heteroatoms. The molecule has 0 bridgehead atoms. The minimum atomic E-state index is 0. The van der Waals surface area contributed by atoms with Crippen LogP contribution in [-0.4, -0.2) is 55.2 Å². The van der Waals surface area contributed by atoms with Crippen LogP contribution < -0.4 is 4.90 Å². The summed E-state index contributed by atoms with van der Waals surface area (Å²) >= 11 is 7.65. The molecule has 3 aromatic rings. The number of hydrogen-bond acceptors (Lipinski definition) is 5. The van der Waals surface area contributed by atoms with Crippen molar-refractivity contribution < 1.29 is 9.53 Å². The molecule has 4 rings (SSSR count). The van der Waals surface area contributed by atoms with E-state index in [1.807, 2.05) is 41.3 Å². The molecule has 1 fully saturated rings. The lowest BCUT2D eigenvalue weighted by Gasteiger charge is -2.29. The third-order valence-corrected chi connectivity index (χ3v) is 6.36. The van der Waals surface area contributed by atoms with Crippen LogP contribution in [0.1, 0.15) is 12.0 Å². The molecule has 0 radical (unpaired) electrons. The number of morpholine rings is 1. The summed E-state index contributed by atoms with van der Waals surface area (Å²) < 4.78 is 6.43. The van der Waals surface area contributed by atoms with Crippen LogP contribution in [0.3, 0.4) is 0 Å². The summed E-state index contributed by atoms with van der Waals surface area (Å²) in [4.78, 5) is 22.1. The number of fused-ring (bicyclic) bond motifs is 1. The third-order valence-electron chi connectivity index (χ3n) is 5.09. The molecule has 0 saturated carbocycles. The van der Waals surface area contributed by atoms with Gasteiger partial charge < -0.3 is 4.74 Å². The van der Waals surface area contributed by atoms with Gasteiger partial charge in [0, 0.05) is 37.6 Å². The number of rotatable bonds is 7. The number of thiazole rings is 1. The van der Waals surface area contributed by atoms with Gasteiger partial charge in [-0.15, -0.1) is 12.4 Å². The standard InChI is InChI=1S/C22H24ClN3O2S.ClH/c23-18-7-8-19-20(16-18)29-22(24-19)26(11-10-25-12-14-28-15-13-25)21(27)9-6-17-4-2-1-3-5-17;/h1-5,7-8,16H,6,9-15H2;1H. The zero-order chi connectivity index (χ0) is 20.1. The van der Waals surface area contributed by atoms with Gasteiger partial charge in [0.05, 0.1) is 23.4 Å². The highest BCUT2D eigenvalue weighted by molar-refractivity contribution is 7.22. The largest absolute Gasteiger partial charge is 0.379 e. The van der Waals surface area contributed by atoms with Crippen molar-refractivity contribution in [3.05, 3.63) is 59.1 Å². The number of ether oxygens (including phenoxy) is 1. The van der Waals surface area contributed by atoms with Gasteiger partial charge in [0.2, 0.25) is 5.91 Å². The zero-order valence-electron chi connectivity index (χ0n) is 16.6. The second-order valence-electron chi connectivity index (χ2n) is 7.09. The second-order valence-corrected chi connectivity index (χ2v) is 8.54. The Labute approximate surface area is 192 Å². The number of halogens is 2. The van der Waals surface area contributed by atoms with E-state index in [1.54, 1.807) is 0 Å². The van der Waals surface area contributed by atoms with Crippen LogP contribution in [0.4, 0.5) is 5.13 Å². The predicted octanol–water partition coefficient (Wildman–Crippen LogP) is 4.67. The molecule has 2 heterocycles. The number of hydrogen-bond donors (Lipinski definition) is 0. The van der Waals surface area contributed by atoms with E-state index in [2.05, 4.69) is 17.0 Å². The van der Waals surface area contributed by atoms with Gasteiger partial charge in [0.1, 0.15) is 0 Å². The summed E-state index contributed by atoms with van der Waals surface area (Å²) in [6, 6.07) is 15.8. The number of nitrogens with zero attached hydrogens (tertiary/aromatic N) is 3. The normalized spacial score (nSPS) is 14.4. The molecule has 160 valence electrons. The molecule has 1 aromatic heterocycles. The van der Waals surface area contributed by atoms with E-state index < -0.39 is 0 Å². The van der Waals surface area contributed by atoms with Crippen molar-refractivity contribution >= 4 is 56.6 Å². The van der Waals surface area contributed by atoms with Gasteiger partial charge in [-0.1, -0.05) is 53.3 Å². The Balaban J connectivity index is 0.00000256. The lowest BCUT2D eigenvalue weighted by Crippen LogP contribution is -2.43. The molecule has 0 spiro atoms. The number of aryl methyl sites for hydroxylation is 1. The van der Waals surface area contributed by atoms with Crippen LogP contribution in [0.25, 0.3) is 10.2 Å². The van der Waals surface area contributed by atoms with Crippen molar-refractivity contribution in [1.82, 2.24) is 9.88 Å². The van der Waals surface area contributed by atoms with Crippen LogP contribution in [0, 0.1) is 0 Å². The lowest BCUT2D eigenvalue weighted by atomic mass is 10.1. The smallest absolute Gasteiger partial charge is 0.229 e.